The third-order valence-corrected chi connectivity index (χ3v) is 8.23. The summed E-state index contributed by atoms with van der Waals surface area (Å²) in [5, 5.41) is 10.9. The number of hydrogen-bond donors (Lipinski definition) is 1. The van der Waals surface area contributed by atoms with Crippen molar-refractivity contribution in [3.63, 3.8) is 0 Å². The number of rotatable bonds is 0. The lowest BCUT2D eigenvalue weighted by atomic mass is 9.54. The van der Waals surface area contributed by atoms with Crippen LogP contribution in [0.2, 0.25) is 0 Å². The summed E-state index contributed by atoms with van der Waals surface area (Å²) >= 11 is 0. The van der Waals surface area contributed by atoms with E-state index in [0.29, 0.717) is 17.6 Å². The Kier molecular flexibility index (Phi) is 2.67. The first kappa shape index (κ1) is 14.0. The molecular weight excluding hydrogens is 260 g/mol. The Morgan fingerprint density at radius 2 is 1.81 bits per heavy atom. The van der Waals surface area contributed by atoms with E-state index in [2.05, 4.69) is 20.8 Å². The van der Waals surface area contributed by atoms with E-state index in [1.54, 1.807) is 0 Å². The van der Waals surface area contributed by atoms with Crippen LogP contribution < -0.4 is 0 Å². The summed E-state index contributed by atoms with van der Waals surface area (Å²) in [5.41, 5.74) is 1.29. The van der Waals surface area contributed by atoms with E-state index in [-0.39, 0.29) is 10.8 Å². The van der Waals surface area contributed by atoms with Gasteiger partial charge >= 0.3 is 0 Å². The van der Waals surface area contributed by atoms with Crippen LogP contribution in [0.3, 0.4) is 0 Å². The lowest BCUT2D eigenvalue weighted by Gasteiger charge is -2.51. The van der Waals surface area contributed by atoms with Gasteiger partial charge in [0.2, 0.25) is 0 Å². The summed E-state index contributed by atoms with van der Waals surface area (Å²) in [6.07, 6.45) is 9.39. The van der Waals surface area contributed by atoms with Crippen LogP contribution >= 0.6 is 0 Å². The van der Waals surface area contributed by atoms with Crippen molar-refractivity contribution in [3.05, 3.63) is 11.6 Å². The third-order valence-electron chi connectivity index (χ3n) is 8.23. The first-order valence-corrected chi connectivity index (χ1v) is 8.74. The molecule has 0 aliphatic heterocycles. The van der Waals surface area contributed by atoms with Gasteiger partial charge in [0.15, 0.2) is 5.78 Å². The maximum absolute atomic E-state index is 11.8. The summed E-state index contributed by atoms with van der Waals surface area (Å²) in [6.45, 7) is 6.79. The van der Waals surface area contributed by atoms with E-state index < -0.39 is 5.60 Å². The van der Waals surface area contributed by atoms with Crippen LogP contribution in [-0.2, 0) is 4.79 Å². The van der Waals surface area contributed by atoms with Crippen LogP contribution in [0.25, 0.3) is 0 Å². The van der Waals surface area contributed by atoms with Crippen molar-refractivity contribution in [1.29, 1.82) is 0 Å². The Morgan fingerprint density at radius 1 is 1.10 bits per heavy atom. The molecule has 0 aromatic rings. The maximum atomic E-state index is 11.8. The summed E-state index contributed by atoms with van der Waals surface area (Å²) in [6, 6.07) is 0. The van der Waals surface area contributed by atoms with E-state index in [0.717, 1.165) is 38.0 Å². The summed E-state index contributed by atoms with van der Waals surface area (Å²) in [7, 11) is 0. The minimum absolute atomic E-state index is 0.0859. The van der Waals surface area contributed by atoms with Crippen molar-refractivity contribution in [2.75, 3.05) is 0 Å². The van der Waals surface area contributed by atoms with Gasteiger partial charge in [-0.25, -0.2) is 0 Å². The smallest absolute Gasteiger partial charge is 0.155 e. The lowest BCUT2D eigenvalue weighted by Crippen LogP contribution is -2.49. The van der Waals surface area contributed by atoms with E-state index in [4.69, 9.17) is 0 Å². The molecule has 0 radical (unpaired) electrons. The van der Waals surface area contributed by atoms with Crippen LogP contribution in [-0.4, -0.2) is 16.5 Å². The second-order valence-corrected chi connectivity index (χ2v) is 8.90. The molecule has 4 aliphatic rings. The molecule has 21 heavy (non-hydrogen) atoms. The predicted octanol–water partition coefficient (Wildman–Crippen LogP) is 3.88. The van der Waals surface area contributed by atoms with Gasteiger partial charge in [0.05, 0.1) is 5.60 Å². The van der Waals surface area contributed by atoms with Gasteiger partial charge in [-0.1, -0.05) is 19.4 Å². The molecule has 0 amide bonds. The Hall–Kier alpha value is -0.630. The average molecular weight is 288 g/mol. The Morgan fingerprint density at radius 3 is 2.57 bits per heavy atom. The largest absolute Gasteiger partial charge is 0.390 e. The second kappa shape index (κ2) is 4.01. The summed E-state index contributed by atoms with van der Waals surface area (Å²) < 4.78 is 0. The number of hydrogen-bond acceptors (Lipinski definition) is 2. The highest BCUT2D eigenvalue weighted by Gasteiger charge is 2.63. The molecule has 3 unspecified atom stereocenters. The number of carbonyl (C=O) groups excluding carboxylic acids is 1. The molecule has 4 aliphatic carbocycles. The highest BCUT2D eigenvalue weighted by Crippen LogP contribution is 2.69. The maximum Gasteiger partial charge on any atom is 0.155 e. The number of carbonyl (C=O) groups is 1. The monoisotopic (exact) mass is 288 g/mol. The van der Waals surface area contributed by atoms with Gasteiger partial charge < -0.3 is 5.11 Å². The van der Waals surface area contributed by atoms with E-state index in [1.165, 1.54) is 18.4 Å². The van der Waals surface area contributed by atoms with Crippen molar-refractivity contribution >= 4 is 5.78 Å². The SMILES string of the molecule is CC12CCC(=O)C=C1CC1[C@@H]2CCC2(C)[C@H]1CC[C@]2(C)O. The highest BCUT2D eigenvalue weighted by molar-refractivity contribution is 5.91. The van der Waals surface area contributed by atoms with Crippen LogP contribution in [0.5, 0.6) is 0 Å². The van der Waals surface area contributed by atoms with Crippen molar-refractivity contribution < 1.29 is 9.90 Å². The minimum atomic E-state index is -0.499. The molecule has 0 spiro atoms. The van der Waals surface area contributed by atoms with Crippen LogP contribution in [0.4, 0.5) is 0 Å². The molecule has 2 heteroatoms. The van der Waals surface area contributed by atoms with E-state index in [9.17, 15) is 9.90 Å². The molecule has 0 saturated heterocycles. The van der Waals surface area contributed by atoms with Gasteiger partial charge in [-0.2, -0.15) is 0 Å². The number of allylic oxidation sites excluding steroid dienone is 2. The zero-order valence-corrected chi connectivity index (χ0v) is 13.6. The topological polar surface area (TPSA) is 37.3 Å². The highest BCUT2D eigenvalue weighted by atomic mass is 16.3. The Labute approximate surface area is 128 Å². The van der Waals surface area contributed by atoms with Crippen LogP contribution in [0.15, 0.2) is 11.6 Å². The van der Waals surface area contributed by atoms with Gasteiger partial charge in [0, 0.05) is 6.42 Å². The first-order chi connectivity index (χ1) is 9.78. The third kappa shape index (κ3) is 1.60. The summed E-state index contributed by atoms with van der Waals surface area (Å²) in [4.78, 5) is 11.8. The predicted molar refractivity (Wildman–Crippen MR) is 82.7 cm³/mol. The number of ketones is 1. The Balaban J connectivity index is 1.73. The van der Waals surface area contributed by atoms with E-state index >= 15 is 0 Å². The molecule has 0 aromatic carbocycles. The fourth-order valence-corrected chi connectivity index (χ4v) is 6.55. The van der Waals surface area contributed by atoms with Crippen molar-refractivity contribution in [2.24, 2.45) is 28.6 Å². The van der Waals surface area contributed by atoms with E-state index in [1.807, 2.05) is 6.08 Å². The van der Waals surface area contributed by atoms with Gasteiger partial charge in [-0.05, 0) is 80.1 Å². The van der Waals surface area contributed by atoms with Crippen molar-refractivity contribution in [2.45, 2.75) is 71.3 Å². The standard InChI is InChI=1S/C19H28O2/c1-17-7-4-13(20)10-12(17)11-14-15(17)5-8-18(2)16(14)6-9-19(18,3)21/h10,14-16,21H,4-9,11H2,1-3H3/t14?,15-,16-,17?,18?,19-/m0/s1. The fraction of sp³-hybridized carbons (Fsp3) is 0.842. The fourth-order valence-electron chi connectivity index (χ4n) is 6.55. The average Bonchev–Trinajstić information content (AvgIpc) is 2.82. The Bertz CT molecular complexity index is 532. The zero-order valence-electron chi connectivity index (χ0n) is 13.6. The lowest BCUT2D eigenvalue weighted by molar-refractivity contribution is -0.116. The summed E-state index contributed by atoms with van der Waals surface area (Å²) in [5.74, 6) is 2.41. The molecule has 0 bridgehead atoms. The molecular formula is C19H28O2. The molecule has 2 nitrogen and oxygen atoms in total. The zero-order chi connectivity index (χ0) is 15.0. The number of fused-ring (bicyclic) bond motifs is 5. The normalized spacial score (nSPS) is 55.7. The number of aliphatic hydroxyl groups is 1. The molecule has 3 fully saturated rings. The van der Waals surface area contributed by atoms with Crippen LogP contribution in [0.1, 0.15) is 65.7 Å². The van der Waals surface area contributed by atoms with Crippen molar-refractivity contribution in [1.82, 2.24) is 0 Å². The van der Waals surface area contributed by atoms with Gasteiger partial charge in [-0.3, -0.25) is 4.79 Å². The van der Waals surface area contributed by atoms with Gasteiger partial charge in [0.1, 0.15) is 0 Å². The van der Waals surface area contributed by atoms with Gasteiger partial charge in [-0.15, -0.1) is 0 Å². The van der Waals surface area contributed by atoms with Crippen molar-refractivity contribution in [3.8, 4) is 0 Å². The molecule has 6 atom stereocenters. The second-order valence-electron chi connectivity index (χ2n) is 8.90. The molecule has 0 aromatic heterocycles. The van der Waals surface area contributed by atoms with Gasteiger partial charge in [0.25, 0.3) is 0 Å². The molecule has 1 N–H and O–H groups in total. The molecule has 116 valence electrons. The quantitative estimate of drug-likeness (QED) is 0.734. The first-order valence-electron chi connectivity index (χ1n) is 8.74. The minimum Gasteiger partial charge on any atom is -0.390 e. The molecule has 4 rings (SSSR count). The molecule has 3 saturated carbocycles. The molecule has 0 heterocycles. The van der Waals surface area contributed by atoms with Crippen LogP contribution in [0, 0.1) is 28.6 Å².